The molecular formula is C27H31N3O3. The van der Waals surface area contributed by atoms with E-state index in [1.165, 1.54) is 0 Å². The van der Waals surface area contributed by atoms with Crippen molar-refractivity contribution < 1.29 is 14.3 Å². The lowest BCUT2D eigenvalue weighted by molar-refractivity contribution is -0.131. The van der Waals surface area contributed by atoms with Gasteiger partial charge in [-0.3, -0.25) is 14.7 Å². The van der Waals surface area contributed by atoms with Gasteiger partial charge in [0.15, 0.2) is 0 Å². The van der Waals surface area contributed by atoms with Gasteiger partial charge < -0.3 is 14.4 Å². The van der Waals surface area contributed by atoms with E-state index in [0.717, 1.165) is 73.9 Å². The van der Waals surface area contributed by atoms with E-state index in [1.54, 1.807) is 19.5 Å². The number of aromatic nitrogens is 1. The number of rotatable bonds is 8. The van der Waals surface area contributed by atoms with Crippen LogP contribution in [0.25, 0.3) is 0 Å². The Morgan fingerprint density at radius 3 is 2.58 bits per heavy atom. The van der Waals surface area contributed by atoms with Crippen molar-refractivity contribution in [2.24, 2.45) is 0 Å². The Hall–Kier alpha value is -3.38. The van der Waals surface area contributed by atoms with Crippen molar-refractivity contribution in [2.75, 3.05) is 33.3 Å². The molecule has 0 N–H and O–H groups in total. The highest BCUT2D eigenvalue weighted by Gasteiger charge is 2.20. The van der Waals surface area contributed by atoms with Gasteiger partial charge in [-0.05, 0) is 48.7 Å². The Bertz CT molecular complexity index is 1020. The number of pyridine rings is 1. The minimum absolute atomic E-state index is 0.230. The maximum Gasteiger partial charge on any atom is 0.222 e. The molecule has 0 spiro atoms. The number of benzene rings is 2. The van der Waals surface area contributed by atoms with Crippen LogP contribution in [0.4, 0.5) is 0 Å². The van der Waals surface area contributed by atoms with Crippen LogP contribution in [-0.4, -0.2) is 54.0 Å². The van der Waals surface area contributed by atoms with Crippen LogP contribution in [0.1, 0.15) is 24.0 Å². The molecule has 0 aliphatic carbocycles. The zero-order valence-corrected chi connectivity index (χ0v) is 19.2. The quantitative estimate of drug-likeness (QED) is 0.509. The fourth-order valence-electron chi connectivity index (χ4n) is 4.09. The number of nitrogens with zero attached hydrogens (tertiary/aromatic N) is 3. The Labute approximate surface area is 195 Å². The topological polar surface area (TPSA) is 54.9 Å². The second kappa shape index (κ2) is 11.5. The average Bonchev–Trinajstić information content (AvgIpc) is 3.10. The molecular weight excluding hydrogens is 414 g/mol. The second-order valence-electron chi connectivity index (χ2n) is 8.26. The molecule has 33 heavy (non-hydrogen) atoms. The molecule has 0 unspecified atom stereocenters. The maximum absolute atomic E-state index is 12.8. The summed E-state index contributed by atoms with van der Waals surface area (Å²) in [5.74, 6) is 2.65. The molecule has 3 aromatic rings. The first kappa shape index (κ1) is 22.8. The summed E-state index contributed by atoms with van der Waals surface area (Å²) < 4.78 is 11.3. The molecule has 2 heterocycles. The van der Waals surface area contributed by atoms with Gasteiger partial charge >= 0.3 is 0 Å². The van der Waals surface area contributed by atoms with Crippen molar-refractivity contribution >= 4 is 5.91 Å². The van der Waals surface area contributed by atoms with Crippen LogP contribution in [0.15, 0.2) is 73.1 Å². The minimum Gasteiger partial charge on any atom is -0.497 e. The SMILES string of the molecule is COc1ccc(CCC(=O)N2CCCN(Cc3ccccc3Oc3cccnc3)CC2)cc1. The normalized spacial score (nSPS) is 14.5. The van der Waals surface area contributed by atoms with Gasteiger partial charge in [0.05, 0.1) is 13.3 Å². The number of amides is 1. The average molecular weight is 446 g/mol. The van der Waals surface area contributed by atoms with Crippen molar-refractivity contribution in [2.45, 2.75) is 25.8 Å². The Morgan fingerprint density at radius 2 is 1.79 bits per heavy atom. The van der Waals surface area contributed by atoms with Crippen LogP contribution in [-0.2, 0) is 17.8 Å². The molecule has 1 aromatic heterocycles. The van der Waals surface area contributed by atoms with Gasteiger partial charge in [-0.25, -0.2) is 0 Å². The second-order valence-corrected chi connectivity index (χ2v) is 8.26. The summed E-state index contributed by atoms with van der Waals surface area (Å²) in [6, 6.07) is 19.8. The van der Waals surface area contributed by atoms with E-state index in [1.807, 2.05) is 59.5 Å². The van der Waals surface area contributed by atoms with Crippen LogP contribution in [0, 0.1) is 0 Å². The molecule has 6 nitrogen and oxygen atoms in total. The van der Waals surface area contributed by atoms with E-state index in [4.69, 9.17) is 9.47 Å². The number of hydrogen-bond donors (Lipinski definition) is 0. The first-order valence-electron chi connectivity index (χ1n) is 11.5. The summed E-state index contributed by atoms with van der Waals surface area (Å²) in [5.41, 5.74) is 2.30. The summed E-state index contributed by atoms with van der Waals surface area (Å²) in [6.07, 6.45) is 5.72. The molecule has 4 rings (SSSR count). The van der Waals surface area contributed by atoms with Crippen LogP contribution in [0.5, 0.6) is 17.2 Å². The van der Waals surface area contributed by atoms with E-state index in [9.17, 15) is 4.79 Å². The van der Waals surface area contributed by atoms with Gasteiger partial charge in [0.25, 0.3) is 0 Å². The largest absolute Gasteiger partial charge is 0.497 e. The first-order valence-corrected chi connectivity index (χ1v) is 11.5. The standard InChI is InChI=1S/C27H31N3O3/c1-32-24-12-9-22(10-13-24)11-14-27(31)30-17-5-16-29(18-19-30)21-23-6-2-3-8-26(23)33-25-7-4-15-28-20-25/h2-4,6-10,12-13,15,20H,5,11,14,16-19,21H2,1H3. The highest BCUT2D eigenvalue weighted by Crippen LogP contribution is 2.26. The molecule has 2 aromatic carbocycles. The van der Waals surface area contributed by atoms with E-state index in [-0.39, 0.29) is 5.91 Å². The number of methoxy groups -OCH3 is 1. The molecule has 0 radical (unpaired) electrons. The van der Waals surface area contributed by atoms with Gasteiger partial charge in [0.1, 0.15) is 17.2 Å². The van der Waals surface area contributed by atoms with Crippen molar-refractivity contribution in [1.82, 2.24) is 14.8 Å². The monoisotopic (exact) mass is 445 g/mol. The van der Waals surface area contributed by atoms with Gasteiger partial charge in [0.2, 0.25) is 5.91 Å². The van der Waals surface area contributed by atoms with Gasteiger partial charge in [-0.2, -0.15) is 0 Å². The van der Waals surface area contributed by atoms with Crippen molar-refractivity contribution in [3.63, 3.8) is 0 Å². The lowest BCUT2D eigenvalue weighted by Gasteiger charge is -2.23. The molecule has 1 amide bonds. The predicted molar refractivity (Wildman–Crippen MR) is 129 cm³/mol. The lowest BCUT2D eigenvalue weighted by atomic mass is 10.1. The molecule has 1 saturated heterocycles. The molecule has 6 heteroatoms. The van der Waals surface area contributed by atoms with E-state index in [2.05, 4.69) is 16.0 Å². The number of aryl methyl sites for hydroxylation is 1. The predicted octanol–water partition coefficient (Wildman–Crippen LogP) is 4.55. The maximum atomic E-state index is 12.8. The van der Waals surface area contributed by atoms with Crippen LogP contribution >= 0.6 is 0 Å². The molecule has 0 saturated carbocycles. The van der Waals surface area contributed by atoms with E-state index >= 15 is 0 Å². The molecule has 0 atom stereocenters. The molecule has 1 aliphatic heterocycles. The lowest BCUT2D eigenvalue weighted by Crippen LogP contribution is -2.35. The van der Waals surface area contributed by atoms with Gasteiger partial charge in [-0.15, -0.1) is 0 Å². The van der Waals surface area contributed by atoms with Crippen LogP contribution in [0.3, 0.4) is 0 Å². The summed E-state index contributed by atoms with van der Waals surface area (Å²) in [4.78, 5) is 21.4. The van der Waals surface area contributed by atoms with Gasteiger partial charge in [0, 0.05) is 50.9 Å². The van der Waals surface area contributed by atoms with Gasteiger partial charge in [-0.1, -0.05) is 30.3 Å². The minimum atomic E-state index is 0.230. The van der Waals surface area contributed by atoms with Crippen LogP contribution < -0.4 is 9.47 Å². The molecule has 1 fully saturated rings. The zero-order valence-electron chi connectivity index (χ0n) is 19.2. The fourth-order valence-corrected chi connectivity index (χ4v) is 4.09. The summed E-state index contributed by atoms with van der Waals surface area (Å²) in [7, 11) is 1.66. The van der Waals surface area contributed by atoms with Crippen molar-refractivity contribution in [3.8, 4) is 17.2 Å². The third-order valence-electron chi connectivity index (χ3n) is 5.96. The Kier molecular flexibility index (Phi) is 7.93. The number of para-hydroxylation sites is 1. The van der Waals surface area contributed by atoms with E-state index < -0.39 is 0 Å². The molecule has 0 bridgehead atoms. The van der Waals surface area contributed by atoms with E-state index in [0.29, 0.717) is 6.42 Å². The highest BCUT2D eigenvalue weighted by atomic mass is 16.5. The van der Waals surface area contributed by atoms with Crippen molar-refractivity contribution in [3.05, 3.63) is 84.2 Å². The first-order chi connectivity index (χ1) is 16.2. The third-order valence-corrected chi connectivity index (χ3v) is 5.96. The zero-order chi connectivity index (χ0) is 22.9. The smallest absolute Gasteiger partial charge is 0.222 e. The summed E-state index contributed by atoms with van der Waals surface area (Å²) in [6.45, 7) is 4.18. The molecule has 172 valence electrons. The number of carbonyl (C=O) groups excluding carboxylic acids is 1. The Morgan fingerprint density at radius 1 is 0.939 bits per heavy atom. The summed E-state index contributed by atoms with van der Waals surface area (Å²) >= 11 is 0. The third kappa shape index (κ3) is 6.56. The fraction of sp³-hybridized carbons (Fsp3) is 0.333. The Balaban J connectivity index is 1.30. The number of hydrogen-bond acceptors (Lipinski definition) is 5. The summed E-state index contributed by atoms with van der Waals surface area (Å²) in [5, 5.41) is 0. The molecule has 1 aliphatic rings. The van der Waals surface area contributed by atoms with Crippen LogP contribution in [0.2, 0.25) is 0 Å². The highest BCUT2D eigenvalue weighted by molar-refractivity contribution is 5.76. The number of carbonyl (C=O) groups is 1. The number of ether oxygens (including phenoxy) is 2. The van der Waals surface area contributed by atoms with Crippen molar-refractivity contribution in [1.29, 1.82) is 0 Å².